The molecule has 0 saturated heterocycles. The van der Waals surface area contributed by atoms with E-state index >= 15 is 0 Å². The average Bonchev–Trinajstić information content (AvgIpc) is 3.63. The summed E-state index contributed by atoms with van der Waals surface area (Å²) < 4.78 is 3.24. The van der Waals surface area contributed by atoms with Crippen molar-refractivity contribution < 1.29 is 24.4 Å². The Morgan fingerprint density at radius 3 is 2.43 bits per heavy atom. The van der Waals surface area contributed by atoms with Crippen LogP contribution in [0.15, 0.2) is 81.3 Å². The van der Waals surface area contributed by atoms with Gasteiger partial charge in [0.05, 0.1) is 22.7 Å². The highest BCUT2D eigenvalue weighted by Gasteiger charge is 2.25. The van der Waals surface area contributed by atoms with E-state index < -0.39 is 11.9 Å². The predicted octanol–water partition coefficient (Wildman–Crippen LogP) is 6.02. The van der Waals surface area contributed by atoms with Crippen LogP contribution in [0.1, 0.15) is 85.0 Å². The lowest BCUT2D eigenvalue weighted by molar-refractivity contribution is -0.669. The third-order valence-electron chi connectivity index (χ3n) is 7.89. The molecule has 6 nitrogen and oxygen atoms in total. The number of thioether (sulfide) groups is 1. The van der Waals surface area contributed by atoms with E-state index in [1.165, 1.54) is 16.7 Å². The molecular formula is C34H35N2O4S2-. The molecule has 0 amide bonds. The second-order valence-electron chi connectivity index (χ2n) is 10.7. The minimum atomic E-state index is -1.15. The van der Waals surface area contributed by atoms with Gasteiger partial charge in [0.25, 0.3) is 5.01 Å². The van der Waals surface area contributed by atoms with Crippen LogP contribution < -0.4 is 19.7 Å². The van der Waals surface area contributed by atoms with Crippen molar-refractivity contribution in [3.63, 3.8) is 0 Å². The molecular weight excluding hydrogens is 565 g/mol. The number of carbonyl (C=O) groups is 2. The molecule has 0 saturated carbocycles. The van der Waals surface area contributed by atoms with E-state index in [0.29, 0.717) is 0 Å². The van der Waals surface area contributed by atoms with E-state index in [0.717, 1.165) is 82.5 Å². The van der Waals surface area contributed by atoms with Crippen LogP contribution in [-0.2, 0) is 6.54 Å². The van der Waals surface area contributed by atoms with Gasteiger partial charge in [0.15, 0.2) is 6.54 Å². The number of thiazole rings is 1. The number of rotatable bonds is 11. The van der Waals surface area contributed by atoms with E-state index in [1.807, 2.05) is 12.1 Å². The number of aromatic nitrogens is 1. The first-order valence-electron chi connectivity index (χ1n) is 14.6. The number of nitrogens with zero attached hydrogens (tertiary/aromatic N) is 2. The Morgan fingerprint density at radius 2 is 1.69 bits per heavy atom. The summed E-state index contributed by atoms with van der Waals surface area (Å²) in [6.45, 7) is 8.29. The highest BCUT2D eigenvalue weighted by Crippen LogP contribution is 2.46. The monoisotopic (exact) mass is 599 g/mol. The Morgan fingerprint density at radius 1 is 0.952 bits per heavy atom. The van der Waals surface area contributed by atoms with Crippen LogP contribution in [0.5, 0.6) is 0 Å². The molecule has 0 unspecified atom stereocenters. The van der Waals surface area contributed by atoms with Crippen LogP contribution in [0.3, 0.4) is 0 Å². The molecule has 0 fully saturated rings. The number of hydrogen-bond acceptors (Lipinski definition) is 7. The number of carboxylic acids is 2. The average molecular weight is 600 g/mol. The van der Waals surface area contributed by atoms with Crippen molar-refractivity contribution in [2.24, 2.45) is 0 Å². The smallest absolute Gasteiger partial charge is 0.262 e. The lowest BCUT2D eigenvalue weighted by Crippen LogP contribution is -2.35. The quantitative estimate of drug-likeness (QED) is 0.251. The first-order valence-corrected chi connectivity index (χ1v) is 16.2. The van der Waals surface area contributed by atoms with Crippen molar-refractivity contribution in [1.29, 1.82) is 0 Å². The molecule has 0 radical (unpaired) electrons. The zero-order valence-corrected chi connectivity index (χ0v) is 25.9. The number of unbranched alkanes of at least 4 members (excludes halogenated alkanes) is 2. The Hall–Kier alpha value is -3.62. The summed E-state index contributed by atoms with van der Waals surface area (Å²) in [5.74, 6) is -2.31. The highest BCUT2D eigenvalue weighted by molar-refractivity contribution is 8.03. The molecule has 2 aromatic carbocycles. The van der Waals surface area contributed by atoms with Crippen LogP contribution in [-0.4, -0.2) is 18.5 Å². The molecule has 5 rings (SSSR count). The summed E-state index contributed by atoms with van der Waals surface area (Å²) in [6.07, 6.45) is 15.0. The number of hydrogen-bond donors (Lipinski definition) is 0. The van der Waals surface area contributed by atoms with Crippen molar-refractivity contribution in [2.45, 2.75) is 70.7 Å². The molecule has 8 heteroatoms. The van der Waals surface area contributed by atoms with Crippen LogP contribution in [0, 0.1) is 0 Å². The van der Waals surface area contributed by atoms with Crippen molar-refractivity contribution in [3.8, 4) is 0 Å². The van der Waals surface area contributed by atoms with Gasteiger partial charge < -0.3 is 24.7 Å². The Balaban J connectivity index is 1.41. The van der Waals surface area contributed by atoms with Gasteiger partial charge in [0.1, 0.15) is 4.70 Å². The van der Waals surface area contributed by atoms with Gasteiger partial charge in [0, 0.05) is 30.0 Å². The minimum absolute atomic E-state index is 0.205. The fraction of sp³-hybridized carbons (Fsp3) is 0.324. The number of allylic oxidation sites excluding steroid dienone is 6. The Bertz CT molecular complexity index is 1660. The van der Waals surface area contributed by atoms with Crippen molar-refractivity contribution in [1.82, 2.24) is 0 Å². The normalized spacial score (nSPS) is 17.0. The molecule has 0 bridgehead atoms. The van der Waals surface area contributed by atoms with E-state index in [2.05, 4.69) is 54.5 Å². The third kappa shape index (κ3) is 6.25. The van der Waals surface area contributed by atoms with Crippen LogP contribution in [0.25, 0.3) is 16.3 Å². The summed E-state index contributed by atoms with van der Waals surface area (Å²) in [5.41, 5.74) is 6.40. The highest BCUT2D eigenvalue weighted by atomic mass is 32.2. The number of anilines is 1. The standard InChI is InChI=1S/C34H36N2O4S2/c1-4-6-18-35-27-14-10-25(33(37)38)20-29(27)41-31(35)16-12-23-8-9-24(22(23)3)13-17-32-36(19-7-5-2)28-15-11-26(34(39)40)21-30(28)42-32/h10-17,20-21H,4-9,18-19H2,1-3H3,(H-,37,38,39,40)/p-1. The van der Waals surface area contributed by atoms with Crippen molar-refractivity contribution in [3.05, 3.63) is 92.5 Å². The van der Waals surface area contributed by atoms with Gasteiger partial charge in [-0.3, -0.25) is 0 Å². The van der Waals surface area contributed by atoms with Gasteiger partial charge in [-0.1, -0.05) is 68.0 Å². The Labute approximate surface area is 255 Å². The second-order valence-corrected chi connectivity index (χ2v) is 12.8. The summed E-state index contributed by atoms with van der Waals surface area (Å²) in [5, 5.41) is 25.0. The molecule has 1 aliphatic carbocycles. The summed E-state index contributed by atoms with van der Waals surface area (Å²) >= 11 is 3.22. The van der Waals surface area contributed by atoms with Gasteiger partial charge in [0.2, 0.25) is 5.52 Å². The van der Waals surface area contributed by atoms with Gasteiger partial charge in [-0.2, -0.15) is 4.57 Å². The summed E-state index contributed by atoms with van der Waals surface area (Å²) in [7, 11) is 0. The lowest BCUT2D eigenvalue weighted by Gasteiger charge is -2.20. The number of fused-ring (bicyclic) bond motifs is 2. The molecule has 2 heterocycles. The number of aromatic carboxylic acids is 2. The Kier molecular flexibility index (Phi) is 9.34. The number of aryl methyl sites for hydroxylation is 1. The van der Waals surface area contributed by atoms with E-state index in [4.69, 9.17) is 0 Å². The van der Waals surface area contributed by atoms with Gasteiger partial charge in [-0.05, 0) is 84.4 Å². The molecule has 0 atom stereocenters. The first kappa shape index (κ1) is 29.9. The fourth-order valence-electron chi connectivity index (χ4n) is 5.42. The van der Waals surface area contributed by atoms with Crippen LogP contribution in [0.2, 0.25) is 0 Å². The third-order valence-corrected chi connectivity index (χ3v) is 10.1. The molecule has 0 N–H and O–H groups in total. The molecule has 1 aliphatic heterocycles. The first-order chi connectivity index (χ1) is 20.3. The topological polar surface area (TPSA) is 87.4 Å². The zero-order valence-electron chi connectivity index (χ0n) is 24.3. The second kappa shape index (κ2) is 13.1. The SMILES string of the molecule is CCCCN1/C(=C/C=C2\CCC(/C=C/c3sc4cc(C(=O)[O-])ccc4[n+]3CCCC)=C2C)Sc2cc(C(=O)[O-])ccc21. The number of carboxylic acid groups (broad SMARTS) is 2. The van der Waals surface area contributed by atoms with E-state index in [-0.39, 0.29) is 11.1 Å². The van der Waals surface area contributed by atoms with E-state index in [1.54, 1.807) is 47.4 Å². The predicted molar refractivity (Wildman–Crippen MR) is 167 cm³/mol. The largest absolute Gasteiger partial charge is 0.545 e. The number of benzene rings is 2. The maximum Gasteiger partial charge on any atom is 0.262 e. The van der Waals surface area contributed by atoms with Gasteiger partial charge >= 0.3 is 0 Å². The van der Waals surface area contributed by atoms with Gasteiger partial charge in [-0.15, -0.1) is 0 Å². The van der Waals surface area contributed by atoms with E-state index in [9.17, 15) is 19.8 Å². The minimum Gasteiger partial charge on any atom is -0.545 e. The molecule has 3 aromatic rings. The maximum absolute atomic E-state index is 11.4. The molecule has 42 heavy (non-hydrogen) atoms. The maximum atomic E-state index is 11.4. The molecule has 2 aliphatic rings. The lowest BCUT2D eigenvalue weighted by atomic mass is 10.1. The van der Waals surface area contributed by atoms with Crippen LogP contribution >= 0.6 is 23.1 Å². The van der Waals surface area contributed by atoms with Crippen molar-refractivity contribution in [2.75, 3.05) is 11.4 Å². The molecule has 1 aromatic heterocycles. The fourth-order valence-corrected chi connectivity index (χ4v) is 7.68. The molecule has 218 valence electrons. The molecule has 0 spiro atoms. The summed E-state index contributed by atoms with van der Waals surface area (Å²) in [6, 6.07) is 10.5. The number of carbonyl (C=O) groups excluding carboxylic acids is 2. The zero-order chi connectivity index (χ0) is 29.8. The van der Waals surface area contributed by atoms with Crippen LogP contribution in [0.4, 0.5) is 5.69 Å². The van der Waals surface area contributed by atoms with Crippen molar-refractivity contribution >= 4 is 57.0 Å². The summed E-state index contributed by atoms with van der Waals surface area (Å²) in [4.78, 5) is 26.0. The van der Waals surface area contributed by atoms with Gasteiger partial charge in [-0.25, -0.2) is 0 Å².